The maximum Gasteiger partial charge on any atom is 0.232 e. The number of anilines is 4. The molecule has 0 N–H and O–H groups in total. The molecule has 0 radical (unpaired) electrons. The lowest BCUT2D eigenvalue weighted by Gasteiger charge is -2.22. The fraction of sp³-hybridized carbons (Fsp3) is 0.222. The molecule has 0 atom stereocenters. The predicted octanol–water partition coefficient (Wildman–Crippen LogP) is 3.50. The number of para-hydroxylation sites is 2. The van der Waals surface area contributed by atoms with E-state index in [0.29, 0.717) is 11.9 Å². The van der Waals surface area contributed by atoms with Crippen molar-refractivity contribution in [3.63, 3.8) is 0 Å². The molecule has 25 heavy (non-hydrogen) atoms. The average molecular weight is 341 g/mol. The molecular weight excluding hydrogens is 321 g/mol. The Kier molecular flexibility index (Phi) is 4.56. The van der Waals surface area contributed by atoms with E-state index in [9.17, 15) is 4.39 Å². The van der Waals surface area contributed by atoms with Crippen LogP contribution in [0.5, 0.6) is 5.75 Å². The van der Waals surface area contributed by atoms with Gasteiger partial charge in [0.15, 0.2) is 0 Å². The van der Waals surface area contributed by atoms with Gasteiger partial charge >= 0.3 is 0 Å². The average Bonchev–Trinajstić information content (AvgIpc) is 3.02. The highest BCUT2D eigenvalue weighted by atomic mass is 19.1. The van der Waals surface area contributed by atoms with Crippen molar-refractivity contribution in [2.24, 2.45) is 7.05 Å². The quantitative estimate of drug-likeness (QED) is 0.711. The zero-order valence-electron chi connectivity index (χ0n) is 14.6. The maximum absolute atomic E-state index is 13.1. The fourth-order valence-corrected chi connectivity index (χ4v) is 2.69. The molecule has 0 spiro atoms. The van der Waals surface area contributed by atoms with Gasteiger partial charge in [0.25, 0.3) is 0 Å². The van der Waals surface area contributed by atoms with Gasteiger partial charge in [-0.3, -0.25) is 4.57 Å². The van der Waals surface area contributed by atoms with Crippen molar-refractivity contribution < 1.29 is 9.13 Å². The number of hydrogen-bond acceptors (Lipinski definition) is 5. The van der Waals surface area contributed by atoms with Crippen LogP contribution in [0.4, 0.5) is 27.7 Å². The van der Waals surface area contributed by atoms with Crippen LogP contribution in [0.2, 0.25) is 0 Å². The standard InChI is InChI=1S/C18H20FN5O/c1-22(14-11-9-13(19)10-12-14)17-20-21-18(24(17)3)23(2)15-7-5-6-8-16(15)25-4/h5-12H,1-4H3. The van der Waals surface area contributed by atoms with E-state index in [1.807, 2.05) is 59.8 Å². The Morgan fingerprint density at radius 1 is 0.920 bits per heavy atom. The SMILES string of the molecule is COc1ccccc1N(C)c1nnc(N(C)c2ccc(F)cc2)n1C. The summed E-state index contributed by atoms with van der Waals surface area (Å²) in [5, 5.41) is 8.58. The molecule has 6 nitrogen and oxygen atoms in total. The van der Waals surface area contributed by atoms with Crippen LogP contribution >= 0.6 is 0 Å². The van der Waals surface area contributed by atoms with E-state index in [2.05, 4.69) is 10.2 Å². The third-order valence-corrected chi connectivity index (χ3v) is 4.09. The van der Waals surface area contributed by atoms with Gasteiger partial charge in [-0.15, -0.1) is 10.2 Å². The molecule has 0 fully saturated rings. The van der Waals surface area contributed by atoms with Crippen molar-refractivity contribution in [2.75, 3.05) is 31.0 Å². The highest BCUT2D eigenvalue weighted by molar-refractivity contribution is 5.66. The second-order valence-electron chi connectivity index (χ2n) is 5.63. The van der Waals surface area contributed by atoms with Gasteiger partial charge in [-0.2, -0.15) is 0 Å². The molecule has 2 aromatic carbocycles. The van der Waals surface area contributed by atoms with Gasteiger partial charge < -0.3 is 14.5 Å². The number of ether oxygens (including phenoxy) is 1. The minimum absolute atomic E-state index is 0.272. The van der Waals surface area contributed by atoms with E-state index in [-0.39, 0.29) is 5.82 Å². The number of halogens is 1. The van der Waals surface area contributed by atoms with E-state index in [1.165, 1.54) is 12.1 Å². The predicted molar refractivity (Wildman–Crippen MR) is 96.5 cm³/mol. The number of aromatic nitrogens is 3. The third kappa shape index (κ3) is 3.13. The number of rotatable bonds is 5. The monoisotopic (exact) mass is 341 g/mol. The lowest BCUT2D eigenvalue weighted by atomic mass is 10.3. The molecule has 0 bridgehead atoms. The van der Waals surface area contributed by atoms with E-state index in [0.717, 1.165) is 17.1 Å². The van der Waals surface area contributed by atoms with Crippen molar-refractivity contribution >= 4 is 23.3 Å². The molecule has 0 aliphatic heterocycles. The molecule has 130 valence electrons. The maximum atomic E-state index is 13.1. The van der Waals surface area contributed by atoms with Crippen molar-refractivity contribution in [3.8, 4) is 5.75 Å². The summed E-state index contributed by atoms with van der Waals surface area (Å²) in [6.07, 6.45) is 0. The number of hydrogen-bond donors (Lipinski definition) is 0. The van der Waals surface area contributed by atoms with Crippen molar-refractivity contribution in [2.45, 2.75) is 0 Å². The third-order valence-electron chi connectivity index (χ3n) is 4.09. The lowest BCUT2D eigenvalue weighted by Crippen LogP contribution is -2.18. The summed E-state index contributed by atoms with van der Waals surface area (Å²) < 4.78 is 20.4. The van der Waals surface area contributed by atoms with Gasteiger partial charge in [0, 0.05) is 26.8 Å². The summed E-state index contributed by atoms with van der Waals surface area (Å²) in [6.45, 7) is 0. The van der Waals surface area contributed by atoms with Gasteiger partial charge in [-0.25, -0.2) is 4.39 Å². The van der Waals surface area contributed by atoms with Gasteiger partial charge in [0.05, 0.1) is 12.8 Å². The first-order valence-corrected chi connectivity index (χ1v) is 7.78. The number of nitrogens with zero attached hydrogens (tertiary/aromatic N) is 5. The molecule has 0 aliphatic rings. The van der Waals surface area contributed by atoms with Gasteiger partial charge in [0.2, 0.25) is 11.9 Å². The number of methoxy groups -OCH3 is 1. The molecule has 1 aromatic heterocycles. The first-order valence-electron chi connectivity index (χ1n) is 7.78. The van der Waals surface area contributed by atoms with Crippen LogP contribution in [0.25, 0.3) is 0 Å². The normalized spacial score (nSPS) is 10.6. The molecule has 0 aliphatic carbocycles. The van der Waals surface area contributed by atoms with E-state index in [1.54, 1.807) is 19.2 Å². The Balaban J connectivity index is 1.94. The van der Waals surface area contributed by atoms with Crippen LogP contribution < -0.4 is 14.5 Å². The van der Waals surface area contributed by atoms with Crippen LogP contribution in [0.15, 0.2) is 48.5 Å². The van der Waals surface area contributed by atoms with E-state index < -0.39 is 0 Å². The first kappa shape index (κ1) is 16.8. The molecule has 0 saturated heterocycles. The molecular formula is C18H20FN5O. The number of benzene rings is 2. The first-order chi connectivity index (χ1) is 12.0. The van der Waals surface area contributed by atoms with Crippen molar-refractivity contribution in [3.05, 3.63) is 54.3 Å². The minimum Gasteiger partial charge on any atom is -0.495 e. The van der Waals surface area contributed by atoms with Crippen LogP contribution in [0.3, 0.4) is 0 Å². The molecule has 1 heterocycles. The van der Waals surface area contributed by atoms with Crippen LogP contribution in [-0.4, -0.2) is 36.0 Å². The molecule has 3 rings (SSSR count). The van der Waals surface area contributed by atoms with Crippen LogP contribution in [0, 0.1) is 5.82 Å². The molecule has 0 unspecified atom stereocenters. The smallest absolute Gasteiger partial charge is 0.232 e. The Morgan fingerprint density at radius 2 is 1.52 bits per heavy atom. The largest absolute Gasteiger partial charge is 0.495 e. The molecule has 3 aromatic rings. The summed E-state index contributed by atoms with van der Waals surface area (Å²) in [5.41, 5.74) is 1.71. The highest BCUT2D eigenvalue weighted by Crippen LogP contribution is 2.32. The zero-order valence-corrected chi connectivity index (χ0v) is 14.6. The van der Waals surface area contributed by atoms with E-state index in [4.69, 9.17) is 4.74 Å². The summed E-state index contributed by atoms with van der Waals surface area (Å²) in [6, 6.07) is 14.0. The van der Waals surface area contributed by atoms with E-state index >= 15 is 0 Å². The van der Waals surface area contributed by atoms with Crippen LogP contribution in [-0.2, 0) is 7.05 Å². The van der Waals surface area contributed by atoms with Gasteiger partial charge in [-0.1, -0.05) is 12.1 Å². The summed E-state index contributed by atoms with van der Waals surface area (Å²) >= 11 is 0. The summed E-state index contributed by atoms with van der Waals surface area (Å²) in [5.74, 6) is 1.78. The van der Waals surface area contributed by atoms with Gasteiger partial charge in [0.1, 0.15) is 11.6 Å². The Bertz CT molecular complexity index is 862. The zero-order chi connectivity index (χ0) is 18.0. The molecule has 0 saturated carbocycles. The summed E-state index contributed by atoms with van der Waals surface area (Å²) in [4.78, 5) is 3.76. The minimum atomic E-state index is -0.272. The second kappa shape index (κ2) is 6.80. The molecule has 7 heteroatoms. The second-order valence-corrected chi connectivity index (χ2v) is 5.63. The van der Waals surface area contributed by atoms with Gasteiger partial charge in [-0.05, 0) is 36.4 Å². The van der Waals surface area contributed by atoms with Crippen molar-refractivity contribution in [1.82, 2.24) is 14.8 Å². The fourth-order valence-electron chi connectivity index (χ4n) is 2.69. The topological polar surface area (TPSA) is 46.4 Å². The lowest BCUT2D eigenvalue weighted by molar-refractivity contribution is 0.415. The Morgan fingerprint density at radius 3 is 2.16 bits per heavy atom. The summed E-state index contributed by atoms with van der Waals surface area (Å²) in [7, 11) is 7.29. The van der Waals surface area contributed by atoms with Crippen molar-refractivity contribution in [1.29, 1.82) is 0 Å². The Hall–Kier alpha value is -3.09. The Labute approximate surface area is 146 Å². The van der Waals surface area contributed by atoms with Crippen LogP contribution in [0.1, 0.15) is 0 Å². The molecule has 0 amide bonds. The highest BCUT2D eigenvalue weighted by Gasteiger charge is 2.19.